The highest BCUT2D eigenvalue weighted by Crippen LogP contribution is 2.29. The zero-order valence-corrected chi connectivity index (χ0v) is 13.6. The minimum Gasteiger partial charge on any atom is -0.397 e. The van der Waals surface area contributed by atoms with Crippen molar-refractivity contribution in [3.63, 3.8) is 0 Å². The minimum absolute atomic E-state index is 0.192. The predicted molar refractivity (Wildman–Crippen MR) is 85.6 cm³/mol. The van der Waals surface area contributed by atoms with Crippen molar-refractivity contribution in [2.75, 3.05) is 25.9 Å². The molecule has 1 aromatic rings. The average molecular weight is 318 g/mol. The Labute approximate surface area is 130 Å². The molecule has 0 aliphatic heterocycles. The summed E-state index contributed by atoms with van der Waals surface area (Å²) in [4.78, 5) is 14.2. The first kappa shape index (κ1) is 17.1. The Morgan fingerprint density at radius 2 is 2.05 bits per heavy atom. The number of nitrogens with two attached hydrogens (primary N) is 1. The fraction of sp³-hybridized carbons (Fsp3) is 0.500. The number of carbonyl (C=O) groups excluding carboxylic acids is 1. The smallest absolute Gasteiger partial charge is 0.251 e. The van der Waals surface area contributed by atoms with Crippen LogP contribution in [0.5, 0.6) is 0 Å². The number of hydrogen-bond donors (Lipinski definition) is 2. The van der Waals surface area contributed by atoms with E-state index in [1.165, 1.54) is 12.1 Å². The van der Waals surface area contributed by atoms with E-state index in [1.54, 1.807) is 0 Å². The summed E-state index contributed by atoms with van der Waals surface area (Å²) in [5, 5.41) is 3.41. The maximum absolute atomic E-state index is 12.0. The Balaban J connectivity index is 2.48. The van der Waals surface area contributed by atoms with Gasteiger partial charge in [0.25, 0.3) is 5.91 Å². The molecular weight excluding hydrogens is 297 g/mol. The van der Waals surface area contributed by atoms with Crippen molar-refractivity contribution in [1.82, 2.24) is 10.2 Å². The van der Waals surface area contributed by atoms with Gasteiger partial charge in [-0.25, -0.2) is 0 Å². The molecule has 6 heteroatoms. The van der Waals surface area contributed by atoms with Crippen molar-refractivity contribution < 1.29 is 4.79 Å². The first-order valence-corrected chi connectivity index (χ1v) is 7.31. The second kappa shape index (κ2) is 7.72. The number of carbonyl (C=O) groups is 1. The maximum Gasteiger partial charge on any atom is 0.251 e. The van der Waals surface area contributed by atoms with Gasteiger partial charge in [0.2, 0.25) is 0 Å². The Hall–Kier alpha value is -0.970. The van der Waals surface area contributed by atoms with Gasteiger partial charge in [0.05, 0.1) is 15.7 Å². The number of halogens is 2. The van der Waals surface area contributed by atoms with Gasteiger partial charge in [-0.1, -0.05) is 23.2 Å². The van der Waals surface area contributed by atoms with Gasteiger partial charge in [0.1, 0.15) is 0 Å². The molecule has 0 spiro atoms. The molecule has 0 radical (unpaired) electrons. The van der Waals surface area contributed by atoms with Gasteiger partial charge in [0, 0.05) is 18.2 Å². The fourth-order valence-electron chi connectivity index (χ4n) is 1.63. The van der Waals surface area contributed by atoms with Crippen LogP contribution in [0.25, 0.3) is 0 Å². The summed E-state index contributed by atoms with van der Waals surface area (Å²) >= 11 is 11.8. The molecular formula is C14H21Cl2N3O. The third-order valence-electron chi connectivity index (χ3n) is 3.17. The van der Waals surface area contributed by atoms with E-state index in [2.05, 4.69) is 31.1 Å². The lowest BCUT2D eigenvalue weighted by atomic mass is 10.2. The number of nitrogens with one attached hydrogen (secondary N) is 1. The molecule has 4 nitrogen and oxygen atoms in total. The van der Waals surface area contributed by atoms with Crippen molar-refractivity contribution in [3.05, 3.63) is 27.7 Å². The molecule has 1 rings (SSSR count). The number of benzene rings is 1. The molecule has 1 amide bonds. The van der Waals surface area contributed by atoms with E-state index >= 15 is 0 Å². The first-order chi connectivity index (χ1) is 9.32. The maximum atomic E-state index is 12.0. The molecule has 0 aromatic heterocycles. The molecule has 20 heavy (non-hydrogen) atoms. The lowest BCUT2D eigenvalue weighted by molar-refractivity contribution is 0.0951. The minimum atomic E-state index is -0.192. The molecule has 0 aliphatic rings. The first-order valence-electron chi connectivity index (χ1n) is 6.56. The SMILES string of the molecule is CC(C)N(C)CCCNC(=O)c1cc(N)c(Cl)c(Cl)c1. The summed E-state index contributed by atoms with van der Waals surface area (Å²) in [6.45, 7) is 5.81. The van der Waals surface area contributed by atoms with Gasteiger partial charge < -0.3 is 16.0 Å². The molecule has 3 N–H and O–H groups in total. The second-order valence-corrected chi connectivity index (χ2v) is 5.83. The van der Waals surface area contributed by atoms with Crippen LogP contribution in [-0.4, -0.2) is 37.0 Å². The molecule has 0 aliphatic carbocycles. The van der Waals surface area contributed by atoms with E-state index in [9.17, 15) is 4.79 Å². The number of anilines is 1. The zero-order valence-electron chi connectivity index (χ0n) is 12.0. The lowest BCUT2D eigenvalue weighted by Crippen LogP contribution is -2.31. The predicted octanol–water partition coefficient (Wildman–Crippen LogP) is 3.04. The summed E-state index contributed by atoms with van der Waals surface area (Å²) in [6.07, 6.45) is 0.886. The highest BCUT2D eigenvalue weighted by atomic mass is 35.5. The van der Waals surface area contributed by atoms with Crippen LogP contribution in [0.1, 0.15) is 30.6 Å². The number of rotatable bonds is 6. The quantitative estimate of drug-likeness (QED) is 0.626. The van der Waals surface area contributed by atoms with E-state index in [-0.39, 0.29) is 16.0 Å². The van der Waals surface area contributed by atoms with Gasteiger partial charge >= 0.3 is 0 Å². The van der Waals surface area contributed by atoms with Crippen LogP contribution in [0.4, 0.5) is 5.69 Å². The molecule has 0 saturated heterocycles. The van der Waals surface area contributed by atoms with Crippen LogP contribution in [-0.2, 0) is 0 Å². The zero-order chi connectivity index (χ0) is 15.3. The summed E-state index contributed by atoms with van der Waals surface area (Å²) in [5.41, 5.74) is 6.42. The fourth-order valence-corrected chi connectivity index (χ4v) is 1.97. The van der Waals surface area contributed by atoms with E-state index in [0.717, 1.165) is 13.0 Å². The Bertz CT molecular complexity index is 454. The van der Waals surface area contributed by atoms with Crippen LogP contribution >= 0.6 is 23.2 Å². The topological polar surface area (TPSA) is 58.4 Å². The van der Waals surface area contributed by atoms with E-state index in [1.807, 2.05) is 0 Å². The van der Waals surface area contributed by atoms with Gasteiger partial charge in [-0.3, -0.25) is 4.79 Å². The Morgan fingerprint density at radius 3 is 2.60 bits per heavy atom. The number of nitrogens with zero attached hydrogens (tertiary/aromatic N) is 1. The largest absolute Gasteiger partial charge is 0.397 e. The van der Waals surface area contributed by atoms with Crippen molar-refractivity contribution in [1.29, 1.82) is 0 Å². The van der Waals surface area contributed by atoms with Crippen LogP contribution in [0.3, 0.4) is 0 Å². The summed E-state index contributed by atoms with van der Waals surface area (Å²) in [6, 6.07) is 3.56. The molecule has 112 valence electrons. The molecule has 0 saturated carbocycles. The molecule has 0 heterocycles. The molecule has 0 unspecified atom stereocenters. The number of nitrogen functional groups attached to an aromatic ring is 1. The Morgan fingerprint density at radius 1 is 1.40 bits per heavy atom. The third kappa shape index (κ3) is 4.85. The third-order valence-corrected chi connectivity index (χ3v) is 3.99. The standard InChI is InChI=1S/C14H21Cl2N3O/c1-9(2)19(3)6-4-5-18-14(20)10-7-11(15)13(16)12(17)8-10/h7-9H,4-6,17H2,1-3H3,(H,18,20). The number of amides is 1. The van der Waals surface area contributed by atoms with Gasteiger partial charge in [-0.05, 0) is 46.0 Å². The van der Waals surface area contributed by atoms with Gasteiger partial charge in [-0.2, -0.15) is 0 Å². The van der Waals surface area contributed by atoms with Gasteiger partial charge in [0.15, 0.2) is 0 Å². The highest BCUT2D eigenvalue weighted by molar-refractivity contribution is 6.43. The van der Waals surface area contributed by atoms with Crippen LogP contribution < -0.4 is 11.1 Å². The van der Waals surface area contributed by atoms with Crippen molar-refractivity contribution in [3.8, 4) is 0 Å². The lowest BCUT2D eigenvalue weighted by Gasteiger charge is -2.20. The summed E-state index contributed by atoms with van der Waals surface area (Å²) in [5.74, 6) is -0.192. The van der Waals surface area contributed by atoms with Gasteiger partial charge in [-0.15, -0.1) is 0 Å². The molecule has 0 fully saturated rings. The Kier molecular flexibility index (Phi) is 6.59. The van der Waals surface area contributed by atoms with Crippen LogP contribution in [0.2, 0.25) is 10.0 Å². The van der Waals surface area contributed by atoms with E-state index in [4.69, 9.17) is 28.9 Å². The molecule has 0 bridgehead atoms. The summed E-state index contributed by atoms with van der Waals surface area (Å²) < 4.78 is 0. The van der Waals surface area contributed by atoms with Crippen LogP contribution in [0, 0.1) is 0 Å². The second-order valence-electron chi connectivity index (χ2n) is 5.05. The van der Waals surface area contributed by atoms with Crippen molar-refractivity contribution >= 4 is 34.8 Å². The van der Waals surface area contributed by atoms with Crippen LogP contribution in [0.15, 0.2) is 12.1 Å². The van der Waals surface area contributed by atoms with E-state index < -0.39 is 0 Å². The molecule has 1 aromatic carbocycles. The van der Waals surface area contributed by atoms with Crippen molar-refractivity contribution in [2.45, 2.75) is 26.3 Å². The monoisotopic (exact) mass is 317 g/mol. The number of hydrogen-bond acceptors (Lipinski definition) is 3. The summed E-state index contributed by atoms with van der Waals surface area (Å²) in [7, 11) is 2.06. The average Bonchev–Trinajstić information content (AvgIpc) is 2.39. The van der Waals surface area contributed by atoms with E-state index in [0.29, 0.717) is 23.8 Å². The highest BCUT2D eigenvalue weighted by Gasteiger charge is 2.11. The molecule has 0 atom stereocenters. The van der Waals surface area contributed by atoms with Crippen molar-refractivity contribution in [2.24, 2.45) is 0 Å². The normalized spacial score (nSPS) is 11.2.